The smallest absolute Gasteiger partial charge is 0.242 e. The molecule has 4 N–H and O–H groups in total. The van der Waals surface area contributed by atoms with Crippen molar-refractivity contribution in [2.45, 2.75) is 24.7 Å². The van der Waals surface area contributed by atoms with E-state index in [0.717, 1.165) is 5.82 Å². The summed E-state index contributed by atoms with van der Waals surface area (Å²) in [6.07, 6.45) is 2.68. The van der Waals surface area contributed by atoms with E-state index in [1.807, 2.05) is 0 Å². The normalized spacial score (nSPS) is 11.7. The zero-order valence-corrected chi connectivity index (χ0v) is 11.9. The molecule has 108 valence electrons. The largest absolute Gasteiger partial charge is 0.398 e. The van der Waals surface area contributed by atoms with Crippen molar-refractivity contribution in [3.8, 4) is 0 Å². The number of H-pyrrole nitrogens is 1. The van der Waals surface area contributed by atoms with E-state index < -0.39 is 10.0 Å². The summed E-state index contributed by atoms with van der Waals surface area (Å²) in [4.78, 5) is 4.13. The van der Waals surface area contributed by atoms with Crippen LogP contribution in [0.25, 0.3) is 0 Å². The van der Waals surface area contributed by atoms with Gasteiger partial charge in [-0.3, -0.25) is 5.10 Å². The van der Waals surface area contributed by atoms with Crippen molar-refractivity contribution in [3.05, 3.63) is 35.9 Å². The minimum absolute atomic E-state index is 0.152. The molecule has 1 aromatic heterocycles. The molecule has 0 unspecified atom stereocenters. The van der Waals surface area contributed by atoms with Gasteiger partial charge in [-0.15, -0.1) is 0 Å². The topological polar surface area (TPSA) is 114 Å². The third-order valence-corrected chi connectivity index (χ3v) is 4.54. The van der Waals surface area contributed by atoms with Gasteiger partial charge in [0.2, 0.25) is 10.0 Å². The summed E-state index contributed by atoms with van der Waals surface area (Å²) in [5.41, 5.74) is 6.64. The predicted molar refractivity (Wildman–Crippen MR) is 75.5 cm³/mol. The number of nitrogen functional groups attached to an aromatic ring is 1. The van der Waals surface area contributed by atoms with Crippen LogP contribution in [0.4, 0.5) is 5.69 Å². The van der Waals surface area contributed by atoms with E-state index in [0.29, 0.717) is 24.9 Å². The van der Waals surface area contributed by atoms with Crippen molar-refractivity contribution in [2.24, 2.45) is 0 Å². The van der Waals surface area contributed by atoms with Crippen LogP contribution < -0.4 is 10.5 Å². The number of aromatic amines is 1. The van der Waals surface area contributed by atoms with Gasteiger partial charge in [0.25, 0.3) is 0 Å². The first-order valence-corrected chi connectivity index (χ1v) is 7.68. The highest BCUT2D eigenvalue weighted by Crippen LogP contribution is 2.21. The average Bonchev–Trinajstić information content (AvgIpc) is 2.87. The Hall–Kier alpha value is -1.93. The molecule has 0 saturated heterocycles. The van der Waals surface area contributed by atoms with Crippen LogP contribution in [0.15, 0.2) is 29.4 Å². The van der Waals surface area contributed by atoms with E-state index in [1.54, 1.807) is 25.1 Å². The average molecular weight is 295 g/mol. The summed E-state index contributed by atoms with van der Waals surface area (Å²) in [7, 11) is -3.58. The first-order chi connectivity index (χ1) is 9.50. The molecule has 1 heterocycles. The molecule has 0 fully saturated rings. The summed E-state index contributed by atoms with van der Waals surface area (Å²) < 4.78 is 27.0. The number of nitrogens with one attached hydrogen (secondary N) is 2. The number of nitrogens with two attached hydrogens (primary N) is 1. The van der Waals surface area contributed by atoms with E-state index in [1.165, 1.54) is 6.33 Å². The maximum atomic E-state index is 12.2. The Morgan fingerprint density at radius 2 is 2.20 bits per heavy atom. The summed E-state index contributed by atoms with van der Waals surface area (Å²) in [6.45, 7) is 2.04. The number of nitrogens with zero attached hydrogens (tertiary/aromatic N) is 2. The minimum Gasteiger partial charge on any atom is -0.398 e. The van der Waals surface area contributed by atoms with Gasteiger partial charge >= 0.3 is 0 Å². The molecule has 0 aliphatic heterocycles. The fraction of sp³-hybridized carbons (Fsp3) is 0.333. The van der Waals surface area contributed by atoms with Gasteiger partial charge < -0.3 is 5.73 Å². The van der Waals surface area contributed by atoms with Crippen molar-refractivity contribution in [2.75, 3.05) is 12.3 Å². The van der Waals surface area contributed by atoms with Gasteiger partial charge in [-0.05, 0) is 25.0 Å². The molecule has 0 amide bonds. The highest BCUT2D eigenvalue weighted by Gasteiger charge is 2.19. The molecule has 20 heavy (non-hydrogen) atoms. The molecule has 7 nitrogen and oxygen atoms in total. The lowest BCUT2D eigenvalue weighted by Gasteiger charge is -2.11. The second-order valence-electron chi connectivity index (χ2n) is 4.43. The Morgan fingerprint density at radius 3 is 2.85 bits per heavy atom. The van der Waals surface area contributed by atoms with Crippen LogP contribution in [-0.2, 0) is 16.4 Å². The van der Waals surface area contributed by atoms with Crippen molar-refractivity contribution in [1.29, 1.82) is 0 Å². The molecule has 0 saturated carbocycles. The van der Waals surface area contributed by atoms with Gasteiger partial charge in [0.05, 0.1) is 5.69 Å². The number of aryl methyl sites for hydroxylation is 2. The Labute approximate surface area is 117 Å². The van der Waals surface area contributed by atoms with Crippen LogP contribution in [0.3, 0.4) is 0 Å². The SMILES string of the molecule is Cc1cccc(N)c1S(=O)(=O)NCCCc1ncn[nH]1. The van der Waals surface area contributed by atoms with E-state index in [2.05, 4.69) is 19.9 Å². The lowest BCUT2D eigenvalue weighted by Crippen LogP contribution is -2.26. The first kappa shape index (κ1) is 14.5. The molecule has 0 radical (unpaired) electrons. The number of anilines is 1. The van der Waals surface area contributed by atoms with Crippen molar-refractivity contribution >= 4 is 15.7 Å². The fourth-order valence-corrected chi connectivity index (χ4v) is 3.36. The van der Waals surface area contributed by atoms with Crippen LogP contribution in [0, 0.1) is 6.92 Å². The quantitative estimate of drug-likeness (QED) is 0.533. The minimum atomic E-state index is -3.58. The highest BCUT2D eigenvalue weighted by molar-refractivity contribution is 7.89. The van der Waals surface area contributed by atoms with E-state index in [4.69, 9.17) is 5.73 Å². The molecule has 2 rings (SSSR count). The molecule has 2 aromatic rings. The maximum absolute atomic E-state index is 12.2. The molecule has 1 aromatic carbocycles. The van der Waals surface area contributed by atoms with Crippen molar-refractivity contribution in [1.82, 2.24) is 19.9 Å². The molecule has 8 heteroatoms. The van der Waals surface area contributed by atoms with Gasteiger partial charge in [0.1, 0.15) is 17.0 Å². The van der Waals surface area contributed by atoms with Gasteiger partial charge in [0.15, 0.2) is 0 Å². The second kappa shape index (κ2) is 6.02. The molecule has 0 atom stereocenters. The third kappa shape index (κ3) is 3.34. The summed E-state index contributed by atoms with van der Waals surface area (Å²) in [6, 6.07) is 5.03. The highest BCUT2D eigenvalue weighted by atomic mass is 32.2. The zero-order chi connectivity index (χ0) is 14.6. The van der Waals surface area contributed by atoms with Gasteiger partial charge in [-0.25, -0.2) is 18.1 Å². The molecule has 0 aliphatic rings. The molecular weight excluding hydrogens is 278 g/mol. The molecule has 0 aliphatic carbocycles. The second-order valence-corrected chi connectivity index (χ2v) is 6.13. The monoisotopic (exact) mass is 295 g/mol. The van der Waals surface area contributed by atoms with E-state index in [-0.39, 0.29) is 10.6 Å². The van der Waals surface area contributed by atoms with Crippen LogP contribution in [0.1, 0.15) is 17.8 Å². The van der Waals surface area contributed by atoms with E-state index in [9.17, 15) is 8.42 Å². The number of rotatable bonds is 6. The first-order valence-electron chi connectivity index (χ1n) is 6.19. The van der Waals surface area contributed by atoms with Crippen molar-refractivity contribution in [3.63, 3.8) is 0 Å². The fourth-order valence-electron chi connectivity index (χ4n) is 1.93. The molecule has 0 spiro atoms. The number of sulfonamides is 1. The maximum Gasteiger partial charge on any atom is 0.242 e. The number of hydrogen-bond acceptors (Lipinski definition) is 5. The molecule has 0 bridgehead atoms. The summed E-state index contributed by atoms with van der Waals surface area (Å²) in [5.74, 6) is 0.736. The lowest BCUT2D eigenvalue weighted by atomic mass is 10.2. The number of hydrogen-bond donors (Lipinski definition) is 3. The third-order valence-electron chi connectivity index (χ3n) is 2.86. The number of benzene rings is 1. The van der Waals surface area contributed by atoms with Gasteiger partial charge in [-0.2, -0.15) is 5.10 Å². The van der Waals surface area contributed by atoms with Gasteiger partial charge in [0, 0.05) is 13.0 Å². The Balaban J connectivity index is 1.97. The Morgan fingerprint density at radius 1 is 1.40 bits per heavy atom. The molecular formula is C12H17N5O2S. The summed E-state index contributed by atoms with van der Waals surface area (Å²) in [5, 5.41) is 6.46. The van der Waals surface area contributed by atoms with Crippen LogP contribution in [0.2, 0.25) is 0 Å². The Bertz CT molecular complexity index is 647. The number of aromatic nitrogens is 3. The predicted octanol–water partition coefficient (Wildman–Crippen LogP) is 0.606. The van der Waals surface area contributed by atoms with E-state index >= 15 is 0 Å². The Kier molecular flexibility index (Phi) is 4.35. The van der Waals surface area contributed by atoms with Crippen molar-refractivity contribution < 1.29 is 8.42 Å². The summed E-state index contributed by atoms with van der Waals surface area (Å²) >= 11 is 0. The van der Waals surface area contributed by atoms with Crippen LogP contribution in [0.5, 0.6) is 0 Å². The standard InChI is InChI=1S/C12H17N5O2S/c1-9-4-2-5-10(13)12(9)20(18,19)16-7-3-6-11-14-8-15-17-11/h2,4-5,8,16H,3,6-7,13H2,1H3,(H,14,15,17). The van der Waals surface area contributed by atoms with Crippen LogP contribution >= 0.6 is 0 Å². The zero-order valence-electron chi connectivity index (χ0n) is 11.1. The lowest BCUT2D eigenvalue weighted by molar-refractivity contribution is 0.578. The van der Waals surface area contributed by atoms with Gasteiger partial charge in [-0.1, -0.05) is 12.1 Å². The van der Waals surface area contributed by atoms with Crippen LogP contribution in [-0.4, -0.2) is 30.1 Å².